The number of hydrogen-bond acceptors (Lipinski definition) is 3. The molecule has 1 amide bonds. The van der Waals surface area contributed by atoms with Crippen molar-refractivity contribution in [2.45, 2.75) is 6.92 Å². The zero-order valence-electron chi connectivity index (χ0n) is 13.7. The van der Waals surface area contributed by atoms with Gasteiger partial charge in [0.05, 0.1) is 22.0 Å². The monoisotopic (exact) mass is 443 g/mol. The van der Waals surface area contributed by atoms with Gasteiger partial charge in [-0.2, -0.15) is 8.42 Å². The molecule has 2 aromatic rings. The first-order chi connectivity index (χ1) is 11.6. The van der Waals surface area contributed by atoms with Crippen LogP contribution in [0.3, 0.4) is 0 Å². The van der Waals surface area contributed by atoms with E-state index in [0.717, 1.165) is 10.0 Å². The molecule has 1 aliphatic rings. The molecule has 0 bridgehead atoms. The van der Waals surface area contributed by atoms with E-state index < -0.39 is 10.2 Å². The van der Waals surface area contributed by atoms with Crippen molar-refractivity contribution in [3.05, 3.63) is 51.0 Å². The molecule has 0 saturated heterocycles. The number of rotatable bonds is 2. The highest BCUT2D eigenvalue weighted by atomic mass is 79.9. The van der Waals surface area contributed by atoms with E-state index in [0.29, 0.717) is 27.6 Å². The summed E-state index contributed by atoms with van der Waals surface area (Å²) in [7, 11) is -0.590. The summed E-state index contributed by atoms with van der Waals surface area (Å²) in [4.78, 5) is 12.6. The first kappa shape index (κ1) is 18.0. The number of carbonyl (C=O) groups is 1. The lowest BCUT2D eigenvalue weighted by atomic mass is 10.1. The van der Waals surface area contributed by atoms with Gasteiger partial charge < -0.3 is 5.32 Å². The lowest BCUT2D eigenvalue weighted by Crippen LogP contribution is -2.32. The number of hydrogen-bond donors (Lipinski definition) is 1. The number of halogens is 2. The number of fused-ring (bicyclic) bond motifs is 1. The molecule has 0 fully saturated rings. The van der Waals surface area contributed by atoms with Crippen molar-refractivity contribution in [1.82, 2.24) is 0 Å². The van der Waals surface area contributed by atoms with Crippen LogP contribution < -0.4 is 13.9 Å². The topological polar surface area (TPSA) is 69.7 Å². The molecule has 1 N–H and O–H groups in total. The van der Waals surface area contributed by atoms with E-state index in [1.54, 1.807) is 37.3 Å². The maximum Gasteiger partial charge on any atom is 0.326 e. The Kier molecular flexibility index (Phi) is 4.47. The molecular formula is C16H15BrClN3O3S. The first-order valence-electron chi connectivity index (χ1n) is 7.26. The first-order valence-corrected chi connectivity index (χ1v) is 9.83. The van der Waals surface area contributed by atoms with Gasteiger partial charge in [-0.25, -0.2) is 0 Å². The van der Waals surface area contributed by atoms with Gasteiger partial charge >= 0.3 is 10.2 Å². The Labute approximate surface area is 159 Å². The van der Waals surface area contributed by atoms with Crippen LogP contribution in [-0.2, 0) is 10.2 Å². The maximum atomic E-state index is 12.6. The second kappa shape index (κ2) is 6.19. The summed E-state index contributed by atoms with van der Waals surface area (Å²) in [5.74, 6) is -0.369. The third kappa shape index (κ3) is 2.98. The summed E-state index contributed by atoms with van der Waals surface area (Å²) < 4.78 is 27.6. The lowest BCUT2D eigenvalue weighted by molar-refractivity contribution is 0.102. The number of nitrogens with zero attached hydrogens (tertiary/aromatic N) is 2. The van der Waals surface area contributed by atoms with Gasteiger partial charge in [0, 0.05) is 24.3 Å². The van der Waals surface area contributed by atoms with E-state index in [1.807, 2.05) is 0 Å². The molecule has 6 nitrogen and oxygen atoms in total. The van der Waals surface area contributed by atoms with Crippen molar-refractivity contribution in [2.24, 2.45) is 0 Å². The summed E-state index contributed by atoms with van der Waals surface area (Å²) in [6, 6.07) is 8.38. The molecule has 1 aliphatic heterocycles. The van der Waals surface area contributed by atoms with Crippen LogP contribution in [0.4, 0.5) is 17.1 Å². The van der Waals surface area contributed by atoms with Crippen LogP contribution in [0.15, 0.2) is 34.8 Å². The largest absolute Gasteiger partial charge is 0.326 e. The van der Waals surface area contributed by atoms with E-state index in [-0.39, 0.29) is 5.91 Å². The lowest BCUT2D eigenvalue weighted by Gasteiger charge is -2.13. The minimum Gasteiger partial charge on any atom is -0.322 e. The Balaban J connectivity index is 1.99. The molecule has 0 aromatic heterocycles. The van der Waals surface area contributed by atoms with Crippen LogP contribution in [0.2, 0.25) is 5.02 Å². The van der Waals surface area contributed by atoms with E-state index in [9.17, 15) is 13.2 Å². The molecule has 25 heavy (non-hydrogen) atoms. The predicted molar refractivity (Wildman–Crippen MR) is 104 cm³/mol. The third-order valence-electron chi connectivity index (χ3n) is 4.11. The molecule has 0 radical (unpaired) electrons. The van der Waals surface area contributed by atoms with Crippen LogP contribution in [0.5, 0.6) is 0 Å². The number of aryl methyl sites for hydroxylation is 1. The predicted octanol–water partition coefficient (Wildman–Crippen LogP) is 3.79. The SMILES string of the molecule is Cc1cc2c(cc1NC(=O)c1cc(Br)ccc1Cl)N(C)S(=O)(=O)N2C. The summed E-state index contributed by atoms with van der Waals surface area (Å²) in [5.41, 5.74) is 2.67. The van der Waals surface area contributed by atoms with Crippen LogP contribution >= 0.6 is 27.5 Å². The molecule has 0 atom stereocenters. The Morgan fingerprint density at radius 3 is 2.36 bits per heavy atom. The van der Waals surface area contributed by atoms with E-state index in [2.05, 4.69) is 21.2 Å². The molecule has 1 heterocycles. The molecule has 0 aliphatic carbocycles. The quantitative estimate of drug-likeness (QED) is 0.766. The van der Waals surface area contributed by atoms with Crippen molar-refractivity contribution < 1.29 is 13.2 Å². The molecule has 3 rings (SSSR count). The Morgan fingerprint density at radius 1 is 1.12 bits per heavy atom. The fraction of sp³-hybridized carbons (Fsp3) is 0.188. The second-order valence-corrected chi connectivity index (χ2v) is 8.99. The van der Waals surface area contributed by atoms with Crippen LogP contribution in [0, 0.1) is 6.92 Å². The van der Waals surface area contributed by atoms with E-state index in [1.165, 1.54) is 22.7 Å². The zero-order chi connectivity index (χ0) is 18.5. The molecule has 0 unspecified atom stereocenters. The standard InChI is InChI=1S/C16H15BrClN3O3S/c1-9-6-14-15(21(3)25(23,24)20(14)2)8-13(9)19-16(22)11-7-10(17)4-5-12(11)18/h4-8H,1-3H3,(H,19,22). The highest BCUT2D eigenvalue weighted by Gasteiger charge is 2.36. The smallest absolute Gasteiger partial charge is 0.322 e. The number of carbonyl (C=O) groups excluding carboxylic acids is 1. The van der Waals surface area contributed by atoms with Gasteiger partial charge in [0.15, 0.2) is 0 Å². The van der Waals surface area contributed by atoms with Gasteiger partial charge in [0.2, 0.25) is 0 Å². The van der Waals surface area contributed by atoms with Crippen molar-refractivity contribution in [2.75, 3.05) is 28.0 Å². The maximum absolute atomic E-state index is 12.6. The van der Waals surface area contributed by atoms with Gasteiger partial charge in [-0.3, -0.25) is 13.4 Å². The second-order valence-electron chi connectivity index (χ2n) is 5.68. The van der Waals surface area contributed by atoms with Gasteiger partial charge in [-0.05, 0) is 42.8 Å². The van der Waals surface area contributed by atoms with Crippen molar-refractivity contribution in [3.63, 3.8) is 0 Å². The number of amides is 1. The van der Waals surface area contributed by atoms with E-state index >= 15 is 0 Å². The molecular weight excluding hydrogens is 430 g/mol. The van der Waals surface area contributed by atoms with Gasteiger partial charge in [0.1, 0.15) is 0 Å². The normalized spacial score (nSPS) is 15.2. The summed E-state index contributed by atoms with van der Waals surface area (Å²) in [6.45, 7) is 1.80. The summed E-state index contributed by atoms with van der Waals surface area (Å²) in [5, 5.41) is 3.14. The van der Waals surface area contributed by atoms with Crippen LogP contribution in [0.1, 0.15) is 15.9 Å². The average Bonchev–Trinajstić information content (AvgIpc) is 2.71. The summed E-state index contributed by atoms with van der Waals surface area (Å²) in [6.07, 6.45) is 0. The number of benzene rings is 2. The van der Waals surface area contributed by atoms with Gasteiger partial charge in [-0.15, -0.1) is 0 Å². The number of nitrogens with one attached hydrogen (secondary N) is 1. The Hall–Kier alpha value is -1.77. The van der Waals surface area contributed by atoms with Gasteiger partial charge in [0.25, 0.3) is 5.91 Å². The molecule has 0 saturated carbocycles. The molecule has 9 heteroatoms. The highest BCUT2D eigenvalue weighted by molar-refractivity contribution is 9.10. The number of anilines is 3. The molecule has 2 aromatic carbocycles. The van der Waals surface area contributed by atoms with Crippen LogP contribution in [0.25, 0.3) is 0 Å². The van der Waals surface area contributed by atoms with Crippen molar-refractivity contribution in [1.29, 1.82) is 0 Å². The Bertz CT molecular complexity index is 994. The summed E-state index contributed by atoms with van der Waals surface area (Å²) >= 11 is 9.41. The molecule has 0 spiro atoms. The van der Waals surface area contributed by atoms with E-state index in [4.69, 9.17) is 11.6 Å². The van der Waals surface area contributed by atoms with Crippen molar-refractivity contribution in [3.8, 4) is 0 Å². The molecule has 132 valence electrons. The van der Waals surface area contributed by atoms with Crippen molar-refractivity contribution >= 4 is 60.7 Å². The van der Waals surface area contributed by atoms with Crippen LogP contribution in [-0.4, -0.2) is 28.4 Å². The Morgan fingerprint density at radius 2 is 1.72 bits per heavy atom. The minimum absolute atomic E-state index is 0.328. The fourth-order valence-electron chi connectivity index (χ4n) is 2.61. The zero-order valence-corrected chi connectivity index (χ0v) is 16.8. The van der Waals surface area contributed by atoms with Gasteiger partial charge in [-0.1, -0.05) is 27.5 Å². The minimum atomic E-state index is -3.56. The highest BCUT2D eigenvalue weighted by Crippen LogP contribution is 2.42. The average molecular weight is 445 g/mol. The fourth-order valence-corrected chi connectivity index (χ4v) is 4.34. The third-order valence-corrected chi connectivity index (χ3v) is 6.71.